The van der Waals surface area contributed by atoms with Crippen LogP contribution in [0.15, 0.2) is 95.8 Å². The maximum Gasteiger partial charge on any atom is 0.310 e. The number of rotatable bonds is 6. The third-order valence-corrected chi connectivity index (χ3v) is 6.52. The number of hydrogen-bond acceptors (Lipinski definition) is 3. The summed E-state index contributed by atoms with van der Waals surface area (Å²) in [5.74, 6) is -0.589. The Kier molecular flexibility index (Phi) is 6.89. The molecule has 5 aromatic rings. The number of esters is 1. The molecule has 0 spiro atoms. The first-order valence-corrected chi connectivity index (χ1v) is 12.3. The fraction of sp³-hybridized carbons (Fsp3) is 0.0968. The van der Waals surface area contributed by atoms with E-state index in [4.69, 9.17) is 16.3 Å². The molecule has 37 heavy (non-hydrogen) atoms. The standard InChI is InChI=1S/C31H23ClFNO3/c1-2-37-30(35)15-19-6-5-7-22(14-19)26-17-23-16-25(27(32)18-29(23)34-31(26)36)21-12-10-20(11-13-21)24-8-3-4-9-28(24)33/h3-14,16-18H,2,15H2,1H3,(H,34,36). The van der Waals surface area contributed by atoms with Crippen molar-refractivity contribution < 1.29 is 13.9 Å². The van der Waals surface area contributed by atoms with Crippen LogP contribution in [-0.2, 0) is 16.0 Å². The number of pyridine rings is 1. The molecule has 0 radical (unpaired) electrons. The highest BCUT2D eigenvalue weighted by atomic mass is 35.5. The summed E-state index contributed by atoms with van der Waals surface area (Å²) in [4.78, 5) is 27.7. The van der Waals surface area contributed by atoms with Gasteiger partial charge >= 0.3 is 5.97 Å². The zero-order valence-corrected chi connectivity index (χ0v) is 20.8. The van der Waals surface area contributed by atoms with Crippen LogP contribution in [0.3, 0.4) is 0 Å². The molecule has 0 fully saturated rings. The van der Waals surface area contributed by atoms with Crippen LogP contribution in [0.5, 0.6) is 0 Å². The van der Waals surface area contributed by atoms with Crippen molar-refractivity contribution in [3.05, 3.63) is 118 Å². The SMILES string of the molecule is CCOC(=O)Cc1cccc(-c2cc3cc(-c4ccc(-c5ccccc5F)cc4)c(Cl)cc3[nH]c2=O)c1. The van der Waals surface area contributed by atoms with E-state index in [1.54, 1.807) is 31.2 Å². The number of benzene rings is 4. The minimum absolute atomic E-state index is 0.135. The lowest BCUT2D eigenvalue weighted by atomic mass is 9.97. The van der Waals surface area contributed by atoms with Crippen molar-refractivity contribution in [1.82, 2.24) is 4.98 Å². The van der Waals surface area contributed by atoms with Gasteiger partial charge in [0.05, 0.1) is 18.1 Å². The van der Waals surface area contributed by atoms with Gasteiger partial charge in [-0.25, -0.2) is 4.39 Å². The smallest absolute Gasteiger partial charge is 0.310 e. The van der Waals surface area contributed by atoms with Crippen molar-refractivity contribution in [1.29, 1.82) is 0 Å². The summed E-state index contributed by atoms with van der Waals surface area (Å²) in [6, 6.07) is 27.0. The van der Waals surface area contributed by atoms with Crippen LogP contribution < -0.4 is 5.56 Å². The molecule has 0 aliphatic carbocycles. The van der Waals surface area contributed by atoms with Gasteiger partial charge in [0, 0.05) is 22.2 Å². The molecule has 0 bridgehead atoms. The normalized spacial score (nSPS) is 11.0. The number of aromatic amines is 1. The average Bonchev–Trinajstić information content (AvgIpc) is 2.89. The molecule has 0 unspecified atom stereocenters. The summed E-state index contributed by atoms with van der Waals surface area (Å²) >= 11 is 6.60. The number of nitrogens with one attached hydrogen (secondary N) is 1. The second kappa shape index (κ2) is 10.4. The molecule has 4 nitrogen and oxygen atoms in total. The van der Waals surface area contributed by atoms with E-state index in [1.165, 1.54) is 6.07 Å². The number of halogens is 2. The number of H-pyrrole nitrogens is 1. The number of fused-ring (bicyclic) bond motifs is 1. The Morgan fingerprint density at radius 2 is 1.54 bits per heavy atom. The predicted molar refractivity (Wildman–Crippen MR) is 146 cm³/mol. The van der Waals surface area contributed by atoms with E-state index in [0.29, 0.717) is 33.8 Å². The molecule has 6 heteroatoms. The summed E-state index contributed by atoms with van der Waals surface area (Å²) in [5, 5.41) is 1.30. The molecule has 1 aromatic heterocycles. The van der Waals surface area contributed by atoms with Crippen molar-refractivity contribution in [2.24, 2.45) is 0 Å². The fourth-order valence-corrected chi connectivity index (χ4v) is 4.69. The van der Waals surface area contributed by atoms with Gasteiger partial charge < -0.3 is 9.72 Å². The monoisotopic (exact) mass is 511 g/mol. The van der Waals surface area contributed by atoms with Gasteiger partial charge in [0.25, 0.3) is 5.56 Å². The molecule has 1 heterocycles. The van der Waals surface area contributed by atoms with Crippen molar-refractivity contribution in [2.75, 3.05) is 6.61 Å². The quantitative estimate of drug-likeness (QED) is 0.241. The number of carbonyl (C=O) groups excluding carboxylic acids is 1. The molecule has 0 aliphatic heterocycles. The minimum Gasteiger partial charge on any atom is -0.466 e. The second-order valence-electron chi connectivity index (χ2n) is 8.67. The van der Waals surface area contributed by atoms with E-state index in [2.05, 4.69) is 4.98 Å². The van der Waals surface area contributed by atoms with Crippen LogP contribution in [0.1, 0.15) is 12.5 Å². The Morgan fingerprint density at radius 3 is 2.27 bits per heavy atom. The zero-order chi connectivity index (χ0) is 25.9. The molecular formula is C31H23ClFNO3. The van der Waals surface area contributed by atoms with Gasteiger partial charge in [-0.05, 0) is 58.8 Å². The highest BCUT2D eigenvalue weighted by Gasteiger charge is 2.12. The van der Waals surface area contributed by atoms with Crippen LogP contribution in [-0.4, -0.2) is 17.6 Å². The van der Waals surface area contributed by atoms with Gasteiger partial charge in [0.15, 0.2) is 0 Å². The van der Waals surface area contributed by atoms with Gasteiger partial charge in [-0.3, -0.25) is 9.59 Å². The topological polar surface area (TPSA) is 59.2 Å². The zero-order valence-electron chi connectivity index (χ0n) is 20.1. The van der Waals surface area contributed by atoms with Gasteiger partial charge in [0.1, 0.15) is 5.82 Å². The molecule has 1 N–H and O–H groups in total. The molecule has 0 atom stereocenters. The van der Waals surface area contributed by atoms with E-state index in [9.17, 15) is 14.0 Å². The maximum absolute atomic E-state index is 14.2. The highest BCUT2D eigenvalue weighted by molar-refractivity contribution is 6.34. The molecule has 0 amide bonds. The molecular weight excluding hydrogens is 489 g/mol. The number of aromatic nitrogens is 1. The van der Waals surface area contributed by atoms with Gasteiger partial charge in [-0.2, -0.15) is 0 Å². The molecule has 0 aliphatic rings. The fourth-order valence-electron chi connectivity index (χ4n) is 4.42. The summed E-state index contributed by atoms with van der Waals surface area (Å²) in [7, 11) is 0. The molecule has 184 valence electrons. The largest absolute Gasteiger partial charge is 0.466 e. The van der Waals surface area contributed by atoms with Crippen molar-refractivity contribution >= 4 is 28.5 Å². The lowest BCUT2D eigenvalue weighted by molar-refractivity contribution is -0.142. The molecule has 5 rings (SSSR count). The summed E-state index contributed by atoms with van der Waals surface area (Å²) in [5.41, 5.74) is 5.30. The molecule has 0 saturated heterocycles. The van der Waals surface area contributed by atoms with E-state index < -0.39 is 0 Å². The van der Waals surface area contributed by atoms with E-state index >= 15 is 0 Å². The Bertz CT molecular complexity index is 1680. The van der Waals surface area contributed by atoms with Gasteiger partial charge in [-0.1, -0.05) is 78.3 Å². The number of ether oxygens (including phenoxy) is 1. The van der Waals surface area contributed by atoms with E-state index in [0.717, 1.165) is 27.6 Å². The highest BCUT2D eigenvalue weighted by Crippen LogP contribution is 2.34. The van der Waals surface area contributed by atoms with Crippen LogP contribution in [0.4, 0.5) is 4.39 Å². The first-order chi connectivity index (χ1) is 17.9. The van der Waals surface area contributed by atoms with Crippen LogP contribution in [0.2, 0.25) is 5.02 Å². The third kappa shape index (κ3) is 5.18. The van der Waals surface area contributed by atoms with E-state index in [1.807, 2.05) is 60.7 Å². The van der Waals surface area contributed by atoms with E-state index in [-0.39, 0.29) is 23.8 Å². The lowest BCUT2D eigenvalue weighted by Crippen LogP contribution is -2.10. The first kappa shape index (κ1) is 24.5. The number of carbonyl (C=O) groups is 1. The summed E-state index contributed by atoms with van der Waals surface area (Å²) < 4.78 is 19.2. The van der Waals surface area contributed by atoms with Crippen LogP contribution in [0.25, 0.3) is 44.3 Å². The first-order valence-electron chi connectivity index (χ1n) is 11.9. The predicted octanol–water partition coefficient (Wildman–Crippen LogP) is 7.43. The maximum atomic E-state index is 14.2. The van der Waals surface area contributed by atoms with Crippen molar-refractivity contribution in [3.8, 4) is 33.4 Å². The Labute approximate surface area is 218 Å². The van der Waals surface area contributed by atoms with Crippen molar-refractivity contribution in [2.45, 2.75) is 13.3 Å². The third-order valence-electron chi connectivity index (χ3n) is 6.20. The Hall–Kier alpha value is -4.22. The molecule has 0 saturated carbocycles. The van der Waals surface area contributed by atoms with Crippen LogP contribution in [0, 0.1) is 5.82 Å². The minimum atomic E-state index is -0.313. The van der Waals surface area contributed by atoms with Crippen molar-refractivity contribution in [3.63, 3.8) is 0 Å². The number of hydrogen-bond donors (Lipinski definition) is 1. The lowest BCUT2D eigenvalue weighted by Gasteiger charge is -2.11. The average molecular weight is 512 g/mol. The van der Waals surface area contributed by atoms with Gasteiger partial charge in [-0.15, -0.1) is 0 Å². The van der Waals surface area contributed by atoms with Gasteiger partial charge in [0.2, 0.25) is 0 Å². The Balaban J connectivity index is 1.52. The second-order valence-corrected chi connectivity index (χ2v) is 9.08. The molecule has 4 aromatic carbocycles. The summed E-state index contributed by atoms with van der Waals surface area (Å²) in [6.07, 6.45) is 0.135. The summed E-state index contributed by atoms with van der Waals surface area (Å²) in [6.45, 7) is 2.08. The van der Waals surface area contributed by atoms with Crippen LogP contribution >= 0.6 is 11.6 Å². The Morgan fingerprint density at radius 1 is 0.838 bits per heavy atom.